The number of anilines is 1. The van der Waals surface area contributed by atoms with Crippen molar-refractivity contribution in [2.75, 3.05) is 18.0 Å². The van der Waals surface area contributed by atoms with Crippen LogP contribution in [-0.2, 0) is 0 Å². The van der Waals surface area contributed by atoms with Crippen LogP contribution in [0.1, 0.15) is 25.5 Å². The van der Waals surface area contributed by atoms with Gasteiger partial charge in [0, 0.05) is 19.3 Å². The van der Waals surface area contributed by atoms with Crippen molar-refractivity contribution in [3.05, 3.63) is 24.0 Å². The van der Waals surface area contributed by atoms with Crippen LogP contribution in [0.25, 0.3) is 0 Å². The third-order valence-electron chi connectivity index (χ3n) is 3.02. The molecule has 0 aromatic carbocycles. The summed E-state index contributed by atoms with van der Waals surface area (Å²) in [7, 11) is 0. The van der Waals surface area contributed by atoms with E-state index in [-0.39, 0.29) is 0 Å². The average Bonchev–Trinajstić information content (AvgIpc) is 2.30. The van der Waals surface area contributed by atoms with Gasteiger partial charge in [-0.25, -0.2) is 4.98 Å². The highest BCUT2D eigenvalue weighted by molar-refractivity contribution is 5.55. The molecule has 2 rings (SSSR count). The number of rotatable bonds is 1. The summed E-state index contributed by atoms with van der Waals surface area (Å²) >= 11 is 0. The Morgan fingerprint density at radius 3 is 2.87 bits per heavy atom. The Hall–Kier alpha value is -1.56. The van der Waals surface area contributed by atoms with Crippen LogP contribution in [0.4, 0.5) is 5.69 Å². The Balaban J connectivity index is 2.19. The maximum atomic E-state index is 8.96. The predicted octanol–water partition coefficient (Wildman–Crippen LogP) is 2.19. The molecule has 1 fully saturated rings. The zero-order valence-corrected chi connectivity index (χ0v) is 8.98. The second-order valence-corrected chi connectivity index (χ2v) is 4.15. The molecule has 3 nitrogen and oxygen atoms in total. The fraction of sp³-hybridized carbons (Fsp3) is 0.500. The Morgan fingerprint density at radius 1 is 1.47 bits per heavy atom. The maximum absolute atomic E-state index is 8.96. The Kier molecular flexibility index (Phi) is 2.86. The van der Waals surface area contributed by atoms with Gasteiger partial charge in [0.25, 0.3) is 0 Å². The highest BCUT2D eigenvalue weighted by Crippen LogP contribution is 2.24. The van der Waals surface area contributed by atoms with Gasteiger partial charge in [0.05, 0.1) is 5.69 Å². The highest BCUT2D eigenvalue weighted by Gasteiger charge is 2.18. The van der Waals surface area contributed by atoms with Crippen LogP contribution in [0.15, 0.2) is 18.3 Å². The van der Waals surface area contributed by atoms with E-state index in [9.17, 15) is 0 Å². The molecule has 2 heterocycles. The molecule has 0 amide bonds. The summed E-state index contributed by atoms with van der Waals surface area (Å²) in [4.78, 5) is 6.36. The lowest BCUT2D eigenvalue weighted by Gasteiger charge is -2.32. The van der Waals surface area contributed by atoms with Gasteiger partial charge in [-0.15, -0.1) is 0 Å². The van der Waals surface area contributed by atoms with Crippen molar-refractivity contribution in [3.63, 3.8) is 0 Å². The van der Waals surface area contributed by atoms with Crippen molar-refractivity contribution in [1.29, 1.82) is 5.26 Å². The molecule has 78 valence electrons. The Morgan fingerprint density at radius 2 is 2.20 bits per heavy atom. The number of pyridine rings is 1. The van der Waals surface area contributed by atoms with Crippen molar-refractivity contribution in [1.82, 2.24) is 4.98 Å². The van der Waals surface area contributed by atoms with Crippen molar-refractivity contribution < 1.29 is 0 Å². The number of nitriles is 1. The van der Waals surface area contributed by atoms with Gasteiger partial charge in [0.15, 0.2) is 5.69 Å². The molecule has 0 bridgehead atoms. The number of aromatic nitrogens is 1. The van der Waals surface area contributed by atoms with Crippen molar-refractivity contribution in [2.45, 2.75) is 19.8 Å². The molecular weight excluding hydrogens is 186 g/mol. The number of hydrogen-bond acceptors (Lipinski definition) is 3. The molecule has 15 heavy (non-hydrogen) atoms. The van der Waals surface area contributed by atoms with Gasteiger partial charge >= 0.3 is 0 Å². The van der Waals surface area contributed by atoms with E-state index >= 15 is 0 Å². The number of hydrogen-bond donors (Lipinski definition) is 0. The number of nitrogens with zero attached hydrogens (tertiary/aromatic N) is 3. The first-order chi connectivity index (χ1) is 7.31. The lowest BCUT2D eigenvalue weighted by atomic mass is 9.99. The molecule has 0 radical (unpaired) electrons. The van der Waals surface area contributed by atoms with Gasteiger partial charge < -0.3 is 4.90 Å². The summed E-state index contributed by atoms with van der Waals surface area (Å²) in [5.41, 5.74) is 1.54. The van der Waals surface area contributed by atoms with Crippen LogP contribution in [-0.4, -0.2) is 18.1 Å². The van der Waals surface area contributed by atoms with Crippen LogP contribution in [0.3, 0.4) is 0 Å². The summed E-state index contributed by atoms with van der Waals surface area (Å²) in [5.74, 6) is 0.809. The van der Waals surface area contributed by atoms with Crippen LogP contribution in [0.2, 0.25) is 0 Å². The van der Waals surface area contributed by atoms with Gasteiger partial charge in [-0.1, -0.05) is 6.92 Å². The van der Waals surface area contributed by atoms with E-state index in [0.717, 1.165) is 24.7 Å². The van der Waals surface area contributed by atoms with Crippen LogP contribution in [0, 0.1) is 17.2 Å². The van der Waals surface area contributed by atoms with E-state index in [2.05, 4.69) is 22.9 Å². The van der Waals surface area contributed by atoms with Gasteiger partial charge in [0.1, 0.15) is 6.07 Å². The molecule has 0 unspecified atom stereocenters. The fourth-order valence-electron chi connectivity index (χ4n) is 1.99. The smallest absolute Gasteiger partial charge is 0.163 e. The van der Waals surface area contributed by atoms with Crippen molar-refractivity contribution in [2.24, 2.45) is 5.92 Å². The second kappa shape index (κ2) is 4.31. The molecule has 0 aliphatic carbocycles. The first-order valence-electron chi connectivity index (χ1n) is 5.41. The Labute approximate surface area is 90.4 Å². The molecule has 1 aliphatic heterocycles. The predicted molar refractivity (Wildman–Crippen MR) is 59.6 cm³/mol. The van der Waals surface area contributed by atoms with Gasteiger partial charge in [-0.05, 0) is 30.9 Å². The molecule has 1 aromatic heterocycles. The summed E-state index contributed by atoms with van der Waals surface area (Å²) in [6.07, 6.45) is 4.09. The molecule has 1 aromatic rings. The van der Waals surface area contributed by atoms with Crippen molar-refractivity contribution in [3.8, 4) is 6.07 Å². The van der Waals surface area contributed by atoms with Crippen LogP contribution < -0.4 is 4.90 Å². The fourth-order valence-corrected chi connectivity index (χ4v) is 1.99. The molecule has 0 spiro atoms. The van der Waals surface area contributed by atoms with E-state index in [1.165, 1.54) is 12.8 Å². The van der Waals surface area contributed by atoms with Crippen molar-refractivity contribution >= 4 is 5.69 Å². The zero-order valence-electron chi connectivity index (χ0n) is 8.98. The van der Waals surface area contributed by atoms with E-state index in [4.69, 9.17) is 5.26 Å². The normalized spacial score (nSPS) is 17.5. The first kappa shape index (κ1) is 9.97. The molecule has 3 heteroatoms. The second-order valence-electron chi connectivity index (χ2n) is 4.15. The standard InChI is InChI=1S/C12H15N3/c1-10-4-7-15(8-5-10)12-3-2-6-14-11(12)9-13/h2-3,6,10H,4-5,7-8H2,1H3. The number of piperidine rings is 1. The lowest BCUT2D eigenvalue weighted by Crippen LogP contribution is -2.33. The summed E-state index contributed by atoms with van der Waals surface area (Å²) in [6.45, 7) is 4.37. The minimum Gasteiger partial charge on any atom is -0.369 e. The van der Waals surface area contributed by atoms with Crippen LogP contribution >= 0.6 is 0 Å². The maximum Gasteiger partial charge on any atom is 0.163 e. The largest absolute Gasteiger partial charge is 0.369 e. The van der Waals surface area contributed by atoms with E-state index in [0.29, 0.717) is 5.69 Å². The molecule has 1 aliphatic rings. The minimum absolute atomic E-state index is 0.548. The highest BCUT2D eigenvalue weighted by atomic mass is 15.1. The third-order valence-corrected chi connectivity index (χ3v) is 3.02. The van der Waals surface area contributed by atoms with Crippen LogP contribution in [0.5, 0.6) is 0 Å². The summed E-state index contributed by atoms with van der Waals surface area (Å²) < 4.78 is 0. The minimum atomic E-state index is 0.548. The van der Waals surface area contributed by atoms with E-state index in [1.54, 1.807) is 6.20 Å². The zero-order chi connectivity index (χ0) is 10.7. The quantitative estimate of drug-likeness (QED) is 0.699. The van der Waals surface area contributed by atoms with Gasteiger partial charge in [-0.2, -0.15) is 5.26 Å². The molecule has 1 saturated heterocycles. The van der Waals surface area contributed by atoms with E-state index in [1.807, 2.05) is 12.1 Å². The van der Waals surface area contributed by atoms with Gasteiger partial charge in [-0.3, -0.25) is 0 Å². The lowest BCUT2D eigenvalue weighted by molar-refractivity contribution is 0.438. The topological polar surface area (TPSA) is 39.9 Å². The SMILES string of the molecule is CC1CCN(c2cccnc2C#N)CC1. The summed E-state index contributed by atoms with van der Waals surface area (Å²) in [6, 6.07) is 6.04. The molecule has 0 N–H and O–H groups in total. The summed E-state index contributed by atoms with van der Waals surface area (Å²) in [5, 5.41) is 8.96. The van der Waals surface area contributed by atoms with E-state index < -0.39 is 0 Å². The first-order valence-corrected chi connectivity index (χ1v) is 5.41. The molecule has 0 atom stereocenters. The monoisotopic (exact) mass is 201 g/mol. The molecular formula is C12H15N3. The third kappa shape index (κ3) is 2.10. The average molecular weight is 201 g/mol. The Bertz CT molecular complexity index is 373. The molecule has 0 saturated carbocycles. The van der Waals surface area contributed by atoms with Gasteiger partial charge in [0.2, 0.25) is 0 Å².